The SMILES string of the molecule is CCN(CCCC(C#N)(c1c(Br)cccc1Br)C(C)C)CCc1ccccc1. The van der Waals surface area contributed by atoms with Crippen LogP contribution in [-0.2, 0) is 11.8 Å². The molecule has 1 atom stereocenters. The van der Waals surface area contributed by atoms with E-state index in [1.807, 2.05) is 18.2 Å². The van der Waals surface area contributed by atoms with Crippen LogP contribution in [0.5, 0.6) is 0 Å². The number of hydrogen-bond acceptors (Lipinski definition) is 2. The van der Waals surface area contributed by atoms with Gasteiger partial charge in [-0.15, -0.1) is 0 Å². The van der Waals surface area contributed by atoms with Crippen molar-refractivity contribution in [2.75, 3.05) is 19.6 Å². The first-order chi connectivity index (χ1) is 13.4. The summed E-state index contributed by atoms with van der Waals surface area (Å²) in [5.74, 6) is 0.229. The molecule has 0 aromatic heterocycles. The van der Waals surface area contributed by atoms with Crippen LogP contribution in [-0.4, -0.2) is 24.5 Å². The fourth-order valence-corrected chi connectivity index (χ4v) is 5.51. The van der Waals surface area contributed by atoms with Crippen molar-refractivity contribution in [3.8, 4) is 6.07 Å². The molecule has 0 spiro atoms. The van der Waals surface area contributed by atoms with Gasteiger partial charge in [-0.05, 0) is 56.0 Å². The van der Waals surface area contributed by atoms with E-state index in [9.17, 15) is 5.26 Å². The average molecular weight is 506 g/mol. The molecule has 0 bridgehead atoms. The molecule has 0 amide bonds. The first kappa shape index (κ1) is 23.1. The van der Waals surface area contributed by atoms with Crippen LogP contribution in [0.15, 0.2) is 57.5 Å². The van der Waals surface area contributed by atoms with Gasteiger partial charge in [0.25, 0.3) is 0 Å². The second kappa shape index (κ2) is 11.1. The molecule has 0 saturated heterocycles. The molecule has 28 heavy (non-hydrogen) atoms. The van der Waals surface area contributed by atoms with Crippen molar-refractivity contribution in [1.82, 2.24) is 4.90 Å². The molecule has 0 fully saturated rings. The summed E-state index contributed by atoms with van der Waals surface area (Å²) in [5, 5.41) is 10.2. The number of halogens is 2. The third-order valence-electron chi connectivity index (χ3n) is 5.65. The van der Waals surface area contributed by atoms with E-state index in [1.54, 1.807) is 0 Å². The van der Waals surface area contributed by atoms with Crippen molar-refractivity contribution < 1.29 is 0 Å². The van der Waals surface area contributed by atoms with E-state index in [2.05, 4.69) is 93.9 Å². The lowest BCUT2D eigenvalue weighted by atomic mass is 9.70. The van der Waals surface area contributed by atoms with Crippen LogP contribution in [0.3, 0.4) is 0 Å². The lowest BCUT2D eigenvalue weighted by Crippen LogP contribution is -2.34. The van der Waals surface area contributed by atoms with Gasteiger partial charge in [0.15, 0.2) is 0 Å². The van der Waals surface area contributed by atoms with E-state index in [0.717, 1.165) is 53.4 Å². The molecule has 2 nitrogen and oxygen atoms in total. The number of likely N-dealkylation sites (N-methyl/N-ethyl adjacent to an activating group) is 1. The minimum absolute atomic E-state index is 0.229. The Labute approximate surface area is 187 Å². The molecule has 4 heteroatoms. The van der Waals surface area contributed by atoms with Crippen molar-refractivity contribution in [1.29, 1.82) is 5.26 Å². The summed E-state index contributed by atoms with van der Waals surface area (Å²) in [6.07, 6.45) is 2.92. The molecular formula is C24H30Br2N2. The lowest BCUT2D eigenvalue weighted by Gasteiger charge is -2.34. The van der Waals surface area contributed by atoms with Crippen LogP contribution < -0.4 is 0 Å². The Morgan fingerprint density at radius 3 is 2.18 bits per heavy atom. The summed E-state index contributed by atoms with van der Waals surface area (Å²) in [6, 6.07) is 19.4. The minimum atomic E-state index is -0.502. The Balaban J connectivity index is 2.06. The van der Waals surface area contributed by atoms with Gasteiger partial charge in [-0.3, -0.25) is 0 Å². The molecule has 0 saturated carbocycles. The number of rotatable bonds is 10. The minimum Gasteiger partial charge on any atom is -0.303 e. The van der Waals surface area contributed by atoms with E-state index in [1.165, 1.54) is 5.56 Å². The third-order valence-corrected chi connectivity index (χ3v) is 6.97. The monoisotopic (exact) mass is 504 g/mol. The van der Waals surface area contributed by atoms with Gasteiger partial charge in [-0.2, -0.15) is 5.26 Å². The van der Waals surface area contributed by atoms with E-state index < -0.39 is 5.41 Å². The van der Waals surface area contributed by atoms with Crippen molar-refractivity contribution in [3.63, 3.8) is 0 Å². The summed E-state index contributed by atoms with van der Waals surface area (Å²) in [7, 11) is 0. The zero-order chi connectivity index (χ0) is 20.6. The molecule has 2 aromatic rings. The largest absolute Gasteiger partial charge is 0.303 e. The molecule has 2 aromatic carbocycles. The normalized spacial score (nSPS) is 13.5. The molecule has 0 radical (unpaired) electrons. The summed E-state index contributed by atoms with van der Waals surface area (Å²) in [4.78, 5) is 2.49. The molecule has 0 N–H and O–H groups in total. The van der Waals surface area contributed by atoms with Crippen molar-refractivity contribution in [3.05, 3.63) is 68.6 Å². The molecule has 0 aliphatic carbocycles. The van der Waals surface area contributed by atoms with E-state index in [-0.39, 0.29) is 5.92 Å². The highest BCUT2D eigenvalue weighted by molar-refractivity contribution is 9.11. The average Bonchev–Trinajstić information content (AvgIpc) is 2.69. The predicted octanol–water partition coefficient (Wildman–Crippen LogP) is 6.97. The first-order valence-corrected chi connectivity index (χ1v) is 11.6. The summed E-state index contributed by atoms with van der Waals surface area (Å²) < 4.78 is 2.02. The number of nitriles is 1. The van der Waals surface area contributed by atoms with Gasteiger partial charge in [-0.1, -0.05) is 89.0 Å². The summed E-state index contributed by atoms with van der Waals surface area (Å²) >= 11 is 7.37. The fourth-order valence-electron chi connectivity index (χ4n) is 3.81. The summed E-state index contributed by atoms with van der Waals surface area (Å²) in [6.45, 7) is 9.63. The Morgan fingerprint density at radius 1 is 1.00 bits per heavy atom. The molecule has 2 rings (SSSR count). The quantitative estimate of drug-likeness (QED) is 0.348. The lowest BCUT2D eigenvalue weighted by molar-refractivity contribution is 0.263. The van der Waals surface area contributed by atoms with E-state index >= 15 is 0 Å². The maximum absolute atomic E-state index is 10.2. The second-order valence-electron chi connectivity index (χ2n) is 7.61. The Morgan fingerprint density at radius 2 is 1.64 bits per heavy atom. The van der Waals surface area contributed by atoms with E-state index in [0.29, 0.717) is 0 Å². The standard InChI is InChI=1S/C24H30Br2N2/c1-4-28(17-14-20-10-6-5-7-11-20)16-9-15-24(18-27,19(2)3)23-21(25)12-8-13-22(23)26/h5-8,10-13,19H,4,9,14-17H2,1-3H3. The van der Waals surface area contributed by atoms with Crippen molar-refractivity contribution >= 4 is 31.9 Å². The Bertz CT molecular complexity index is 763. The molecule has 150 valence electrons. The third kappa shape index (κ3) is 5.69. The predicted molar refractivity (Wildman–Crippen MR) is 125 cm³/mol. The van der Waals surface area contributed by atoms with Gasteiger partial charge in [-0.25, -0.2) is 0 Å². The highest BCUT2D eigenvalue weighted by Gasteiger charge is 2.38. The Kier molecular flexibility index (Phi) is 9.21. The van der Waals surface area contributed by atoms with Gasteiger partial charge in [0.05, 0.1) is 11.5 Å². The summed E-state index contributed by atoms with van der Waals surface area (Å²) in [5.41, 5.74) is 1.96. The Hall–Kier alpha value is -1.15. The smallest absolute Gasteiger partial charge is 0.0867 e. The van der Waals surface area contributed by atoms with Crippen LogP contribution in [0.1, 0.15) is 44.7 Å². The van der Waals surface area contributed by atoms with Crippen LogP contribution in [0.25, 0.3) is 0 Å². The highest BCUT2D eigenvalue weighted by atomic mass is 79.9. The fraction of sp³-hybridized carbons (Fsp3) is 0.458. The van der Waals surface area contributed by atoms with Gasteiger partial charge in [0.2, 0.25) is 0 Å². The van der Waals surface area contributed by atoms with Crippen molar-refractivity contribution in [2.45, 2.75) is 45.4 Å². The maximum Gasteiger partial charge on any atom is 0.0867 e. The van der Waals surface area contributed by atoms with Crippen LogP contribution in [0.4, 0.5) is 0 Å². The van der Waals surface area contributed by atoms with Crippen LogP contribution >= 0.6 is 31.9 Å². The molecule has 0 aliphatic heterocycles. The topological polar surface area (TPSA) is 27.0 Å². The van der Waals surface area contributed by atoms with Crippen molar-refractivity contribution in [2.24, 2.45) is 5.92 Å². The van der Waals surface area contributed by atoms with Gasteiger partial charge in [0.1, 0.15) is 0 Å². The van der Waals surface area contributed by atoms with Gasteiger partial charge < -0.3 is 4.90 Å². The molecular weight excluding hydrogens is 476 g/mol. The molecule has 0 heterocycles. The second-order valence-corrected chi connectivity index (χ2v) is 9.32. The zero-order valence-corrected chi connectivity index (χ0v) is 20.3. The number of hydrogen-bond donors (Lipinski definition) is 0. The first-order valence-electron chi connectivity index (χ1n) is 10.1. The van der Waals surface area contributed by atoms with Crippen LogP contribution in [0, 0.1) is 17.2 Å². The van der Waals surface area contributed by atoms with Gasteiger partial charge in [0, 0.05) is 21.1 Å². The number of benzene rings is 2. The molecule has 0 aliphatic rings. The molecule has 1 unspecified atom stereocenters. The van der Waals surface area contributed by atoms with E-state index in [4.69, 9.17) is 0 Å². The highest BCUT2D eigenvalue weighted by Crippen LogP contribution is 2.43. The maximum atomic E-state index is 10.2. The zero-order valence-electron chi connectivity index (χ0n) is 17.1. The van der Waals surface area contributed by atoms with Crippen LogP contribution in [0.2, 0.25) is 0 Å². The van der Waals surface area contributed by atoms with Gasteiger partial charge >= 0.3 is 0 Å². The number of nitrogens with zero attached hydrogens (tertiary/aromatic N) is 2.